The fourth-order valence-corrected chi connectivity index (χ4v) is 4.04. The van der Waals surface area contributed by atoms with Crippen molar-refractivity contribution in [3.8, 4) is 22.9 Å². The Morgan fingerprint density at radius 3 is 2.37 bits per heavy atom. The number of nitriles is 1. The van der Waals surface area contributed by atoms with Gasteiger partial charge >= 0.3 is 0 Å². The molecule has 0 atom stereocenters. The van der Waals surface area contributed by atoms with Crippen LogP contribution in [0.3, 0.4) is 0 Å². The summed E-state index contributed by atoms with van der Waals surface area (Å²) in [6, 6.07) is 25.0. The molecule has 4 aromatic rings. The van der Waals surface area contributed by atoms with Crippen LogP contribution in [0.4, 0.5) is 0 Å². The number of rotatable bonds is 6. The molecule has 3 aromatic carbocycles. The first-order valence-electron chi connectivity index (χ1n) is 9.44. The van der Waals surface area contributed by atoms with Crippen molar-refractivity contribution in [1.29, 1.82) is 5.26 Å². The number of thiazole rings is 1. The number of ether oxygens (including phenoxy) is 1. The van der Waals surface area contributed by atoms with E-state index < -0.39 is 0 Å². The van der Waals surface area contributed by atoms with Crippen LogP contribution in [0.15, 0.2) is 72.8 Å². The van der Waals surface area contributed by atoms with Crippen LogP contribution in [-0.4, -0.2) is 29.4 Å². The molecule has 0 unspecified atom stereocenters. The Morgan fingerprint density at radius 1 is 1.03 bits per heavy atom. The van der Waals surface area contributed by atoms with Crippen molar-refractivity contribution in [1.82, 2.24) is 9.88 Å². The van der Waals surface area contributed by atoms with Crippen LogP contribution in [0.2, 0.25) is 0 Å². The van der Waals surface area contributed by atoms with Gasteiger partial charge in [-0.1, -0.05) is 36.4 Å². The van der Waals surface area contributed by atoms with Crippen molar-refractivity contribution < 1.29 is 9.53 Å². The monoisotopic (exact) mass is 413 g/mol. The SMILES string of the molecule is CN(Cc1nc2ccccc2s1)C(=O)COc1ccc(-c2ccc(C#N)cc2)cc1. The van der Waals surface area contributed by atoms with E-state index in [2.05, 4.69) is 11.1 Å². The first kappa shape index (κ1) is 19.6. The molecule has 1 amide bonds. The number of benzene rings is 3. The van der Waals surface area contributed by atoms with Crippen LogP contribution in [-0.2, 0) is 11.3 Å². The molecule has 0 bridgehead atoms. The molecule has 0 N–H and O–H groups in total. The van der Waals surface area contributed by atoms with E-state index in [0.717, 1.165) is 26.4 Å². The van der Waals surface area contributed by atoms with Crippen molar-refractivity contribution >= 4 is 27.5 Å². The normalized spacial score (nSPS) is 10.5. The average molecular weight is 414 g/mol. The van der Waals surface area contributed by atoms with Gasteiger partial charge in [-0.3, -0.25) is 4.79 Å². The maximum Gasteiger partial charge on any atom is 0.260 e. The molecule has 0 aliphatic carbocycles. The molecule has 6 heteroatoms. The summed E-state index contributed by atoms with van der Waals surface area (Å²) in [5.74, 6) is 0.527. The van der Waals surface area contributed by atoms with Crippen LogP contribution < -0.4 is 4.74 Å². The topological polar surface area (TPSA) is 66.2 Å². The lowest BCUT2D eigenvalue weighted by Crippen LogP contribution is -2.30. The number of nitrogens with zero attached hydrogens (tertiary/aromatic N) is 3. The van der Waals surface area contributed by atoms with Gasteiger partial charge in [0.05, 0.1) is 28.4 Å². The summed E-state index contributed by atoms with van der Waals surface area (Å²) in [5.41, 5.74) is 3.63. The maximum absolute atomic E-state index is 12.4. The van der Waals surface area contributed by atoms with Crippen LogP contribution in [0.25, 0.3) is 21.3 Å². The summed E-state index contributed by atoms with van der Waals surface area (Å²) in [4.78, 5) is 18.6. The number of hydrogen-bond donors (Lipinski definition) is 0. The van der Waals surface area contributed by atoms with E-state index in [0.29, 0.717) is 17.9 Å². The number of carbonyl (C=O) groups is 1. The second-order valence-corrected chi connectivity index (χ2v) is 7.94. The van der Waals surface area contributed by atoms with Crippen molar-refractivity contribution in [2.75, 3.05) is 13.7 Å². The molecule has 0 saturated heterocycles. The highest BCUT2D eigenvalue weighted by molar-refractivity contribution is 7.18. The third kappa shape index (κ3) is 4.48. The lowest BCUT2D eigenvalue weighted by molar-refractivity contribution is -0.132. The van der Waals surface area contributed by atoms with Gasteiger partial charge in [-0.2, -0.15) is 5.26 Å². The number of para-hydroxylation sites is 1. The van der Waals surface area contributed by atoms with Crippen LogP contribution in [0, 0.1) is 11.3 Å². The summed E-state index contributed by atoms with van der Waals surface area (Å²) in [5, 5.41) is 9.80. The zero-order valence-corrected chi connectivity index (χ0v) is 17.2. The van der Waals surface area contributed by atoms with Gasteiger partial charge in [0.25, 0.3) is 5.91 Å². The third-order valence-electron chi connectivity index (χ3n) is 4.70. The second-order valence-electron chi connectivity index (χ2n) is 6.83. The van der Waals surface area contributed by atoms with Gasteiger partial charge in [0.2, 0.25) is 0 Å². The largest absolute Gasteiger partial charge is 0.484 e. The summed E-state index contributed by atoms with van der Waals surface area (Å²) in [6.07, 6.45) is 0. The van der Waals surface area contributed by atoms with Gasteiger partial charge in [-0.25, -0.2) is 4.98 Å². The Morgan fingerprint density at radius 2 is 1.70 bits per heavy atom. The molecule has 1 heterocycles. The van der Waals surface area contributed by atoms with Gasteiger partial charge in [0.15, 0.2) is 6.61 Å². The van der Waals surface area contributed by atoms with E-state index in [1.165, 1.54) is 0 Å². The zero-order chi connectivity index (χ0) is 20.9. The van der Waals surface area contributed by atoms with Gasteiger partial charge in [0.1, 0.15) is 10.8 Å². The van der Waals surface area contributed by atoms with Crippen LogP contribution in [0.5, 0.6) is 5.75 Å². The lowest BCUT2D eigenvalue weighted by atomic mass is 10.0. The second kappa shape index (κ2) is 8.76. The van der Waals surface area contributed by atoms with E-state index in [9.17, 15) is 4.79 Å². The molecule has 0 saturated carbocycles. The molecule has 0 aliphatic heterocycles. The van der Waals surface area contributed by atoms with E-state index >= 15 is 0 Å². The standard InChI is InChI=1S/C24H19N3O2S/c1-27(15-23-26-21-4-2-3-5-22(21)30-23)24(28)16-29-20-12-10-19(11-13-20)18-8-6-17(14-25)7-9-18/h2-13H,15-16H2,1H3. The third-order valence-corrected chi connectivity index (χ3v) is 5.72. The predicted molar refractivity (Wildman–Crippen MR) is 118 cm³/mol. The van der Waals surface area contributed by atoms with Gasteiger partial charge in [0, 0.05) is 7.05 Å². The minimum atomic E-state index is -0.106. The van der Waals surface area contributed by atoms with Crippen molar-refractivity contribution in [3.05, 3.63) is 83.4 Å². The molecule has 0 radical (unpaired) electrons. The highest BCUT2D eigenvalue weighted by Crippen LogP contribution is 2.24. The lowest BCUT2D eigenvalue weighted by Gasteiger charge is -2.16. The Balaban J connectivity index is 1.33. The number of carbonyl (C=O) groups excluding carboxylic acids is 1. The minimum absolute atomic E-state index is 0.0302. The number of fused-ring (bicyclic) bond motifs is 1. The summed E-state index contributed by atoms with van der Waals surface area (Å²) < 4.78 is 6.78. The molecule has 5 nitrogen and oxygen atoms in total. The minimum Gasteiger partial charge on any atom is -0.484 e. The van der Waals surface area contributed by atoms with Gasteiger partial charge in [-0.05, 0) is 47.5 Å². The summed E-state index contributed by atoms with van der Waals surface area (Å²) >= 11 is 1.60. The fraction of sp³-hybridized carbons (Fsp3) is 0.125. The molecule has 0 spiro atoms. The number of hydrogen-bond acceptors (Lipinski definition) is 5. The van der Waals surface area contributed by atoms with Gasteiger partial charge in [-0.15, -0.1) is 11.3 Å². The Kier molecular flexibility index (Phi) is 5.73. The first-order chi connectivity index (χ1) is 14.6. The molecule has 30 heavy (non-hydrogen) atoms. The predicted octanol–water partition coefficient (Wildman–Crippen LogP) is 4.87. The van der Waals surface area contributed by atoms with E-state index in [-0.39, 0.29) is 12.5 Å². The number of aromatic nitrogens is 1. The Bertz CT molecular complexity index is 1170. The quantitative estimate of drug-likeness (QED) is 0.452. The number of amides is 1. The summed E-state index contributed by atoms with van der Waals surface area (Å²) in [7, 11) is 1.76. The Labute approximate surface area is 178 Å². The maximum atomic E-state index is 12.4. The average Bonchev–Trinajstić information content (AvgIpc) is 3.20. The van der Waals surface area contributed by atoms with Crippen LogP contribution >= 0.6 is 11.3 Å². The van der Waals surface area contributed by atoms with Crippen LogP contribution in [0.1, 0.15) is 10.6 Å². The molecule has 148 valence electrons. The molecular formula is C24H19N3O2S. The smallest absolute Gasteiger partial charge is 0.260 e. The highest BCUT2D eigenvalue weighted by Gasteiger charge is 2.13. The van der Waals surface area contributed by atoms with Gasteiger partial charge < -0.3 is 9.64 Å². The molecule has 0 fully saturated rings. The summed E-state index contributed by atoms with van der Waals surface area (Å²) in [6.45, 7) is 0.427. The molecular weight excluding hydrogens is 394 g/mol. The highest BCUT2D eigenvalue weighted by atomic mass is 32.1. The molecule has 4 rings (SSSR count). The Hall–Kier alpha value is -3.69. The fourth-order valence-electron chi connectivity index (χ4n) is 3.01. The molecule has 0 aliphatic rings. The van der Waals surface area contributed by atoms with E-state index in [1.807, 2.05) is 60.7 Å². The van der Waals surface area contributed by atoms with E-state index in [1.54, 1.807) is 35.4 Å². The first-order valence-corrected chi connectivity index (χ1v) is 10.3. The van der Waals surface area contributed by atoms with E-state index in [4.69, 9.17) is 10.00 Å². The number of likely N-dealkylation sites (N-methyl/N-ethyl adjacent to an activating group) is 1. The van der Waals surface area contributed by atoms with Crippen molar-refractivity contribution in [2.45, 2.75) is 6.54 Å². The van der Waals surface area contributed by atoms with Crippen molar-refractivity contribution in [3.63, 3.8) is 0 Å². The molecule has 1 aromatic heterocycles. The van der Waals surface area contributed by atoms with Crippen molar-refractivity contribution in [2.24, 2.45) is 0 Å². The zero-order valence-electron chi connectivity index (χ0n) is 16.4.